The molecule has 0 aliphatic carbocycles. The van der Waals surface area contributed by atoms with E-state index in [0.29, 0.717) is 24.8 Å². The molecule has 0 fully saturated rings. The minimum Gasteiger partial charge on any atom is -0.368 e. The number of carbonyl (C=O) groups excluding carboxylic acids is 2. The number of terminal acetylenes is 1. The number of amides is 2. The molecule has 7 nitrogen and oxygen atoms in total. The van der Waals surface area contributed by atoms with Gasteiger partial charge in [-0.25, -0.2) is 0 Å². The van der Waals surface area contributed by atoms with Crippen molar-refractivity contribution < 1.29 is 23.2 Å². The van der Waals surface area contributed by atoms with E-state index in [1.165, 1.54) is 0 Å². The van der Waals surface area contributed by atoms with Gasteiger partial charge in [-0.1, -0.05) is 12.1 Å². The van der Waals surface area contributed by atoms with E-state index in [4.69, 9.17) is 21.2 Å². The summed E-state index contributed by atoms with van der Waals surface area (Å²) in [7, 11) is -3.21. The van der Waals surface area contributed by atoms with Crippen LogP contribution in [-0.4, -0.2) is 31.1 Å². The van der Waals surface area contributed by atoms with Crippen molar-refractivity contribution in [1.82, 2.24) is 5.32 Å². The maximum Gasteiger partial charge on any atom is 0.335 e. The fourth-order valence-electron chi connectivity index (χ4n) is 2.44. The third-order valence-corrected chi connectivity index (χ3v) is 5.76. The molecule has 0 aliphatic rings. The maximum atomic E-state index is 12.6. The van der Waals surface area contributed by atoms with Crippen molar-refractivity contribution in [1.29, 1.82) is 0 Å². The number of nitrogens with one attached hydrogen (secondary N) is 1. The van der Waals surface area contributed by atoms with Crippen molar-refractivity contribution in [2.45, 2.75) is 45.3 Å². The van der Waals surface area contributed by atoms with Crippen LogP contribution in [0.15, 0.2) is 24.3 Å². The van der Waals surface area contributed by atoms with Gasteiger partial charge in [-0.05, 0) is 44.4 Å². The van der Waals surface area contributed by atoms with Gasteiger partial charge in [-0.15, -0.1) is 12.3 Å². The Morgan fingerprint density at radius 1 is 1.22 bits per heavy atom. The van der Waals surface area contributed by atoms with E-state index in [2.05, 4.69) is 11.2 Å². The molecular formula is C19H27N2O5P. The van der Waals surface area contributed by atoms with Crippen LogP contribution in [0.2, 0.25) is 0 Å². The summed E-state index contributed by atoms with van der Waals surface area (Å²) in [6.07, 6.45) is 6.79. The molecule has 27 heavy (non-hydrogen) atoms. The normalized spacial score (nSPS) is 12.2. The Labute approximate surface area is 160 Å². The Bertz CT molecular complexity index is 702. The quantitative estimate of drug-likeness (QED) is 0.322. The van der Waals surface area contributed by atoms with Gasteiger partial charge < -0.3 is 20.1 Å². The number of unbranched alkanes of at least 4 members (excludes halogenated alkanes) is 1. The lowest BCUT2D eigenvalue weighted by Gasteiger charge is -2.17. The summed E-state index contributed by atoms with van der Waals surface area (Å²) in [5.41, 5.74) is 6.42. The molecule has 0 bridgehead atoms. The first-order valence-electron chi connectivity index (χ1n) is 8.86. The molecule has 148 valence electrons. The Kier molecular flexibility index (Phi) is 9.81. The number of hydrogen-bond acceptors (Lipinski definition) is 5. The predicted molar refractivity (Wildman–Crippen MR) is 104 cm³/mol. The summed E-state index contributed by atoms with van der Waals surface area (Å²) < 4.78 is 23.1. The second-order valence-corrected chi connectivity index (χ2v) is 7.88. The standard InChI is InChI=1S/C19H27N2O5P/c1-4-7-8-9-17(18(20)22)21-19(23)16-12-10-15(11-13-16)14-27(24,25-5-2)26-6-3/h1,10-13,17H,5-9,14H2,2-3H3,(H2,20,22)(H,21,23)/t17-/m0/s1. The SMILES string of the molecule is C#CCCC[C@H](NC(=O)c1ccc(CP(=O)(OCC)OCC)cc1)C(N)=O. The monoisotopic (exact) mass is 394 g/mol. The topological polar surface area (TPSA) is 108 Å². The van der Waals surface area contributed by atoms with E-state index < -0.39 is 25.5 Å². The van der Waals surface area contributed by atoms with Gasteiger partial charge in [0, 0.05) is 12.0 Å². The smallest absolute Gasteiger partial charge is 0.335 e. The van der Waals surface area contributed by atoms with Crippen LogP contribution in [-0.2, 0) is 24.6 Å². The minimum atomic E-state index is -3.21. The van der Waals surface area contributed by atoms with E-state index in [1.54, 1.807) is 38.1 Å². The molecule has 1 rings (SSSR count). The highest BCUT2D eigenvalue weighted by Gasteiger charge is 2.24. The molecule has 0 saturated heterocycles. The van der Waals surface area contributed by atoms with Gasteiger partial charge in [-0.2, -0.15) is 0 Å². The lowest BCUT2D eigenvalue weighted by molar-refractivity contribution is -0.120. The van der Waals surface area contributed by atoms with Crippen molar-refractivity contribution in [3.63, 3.8) is 0 Å². The molecule has 2 amide bonds. The van der Waals surface area contributed by atoms with Gasteiger partial charge in [0.05, 0.1) is 19.4 Å². The zero-order valence-corrected chi connectivity index (χ0v) is 16.7. The number of hydrogen-bond donors (Lipinski definition) is 2. The Hall–Kier alpha value is -2.13. The molecule has 1 atom stereocenters. The van der Waals surface area contributed by atoms with Gasteiger partial charge in [0.15, 0.2) is 0 Å². The average molecular weight is 394 g/mol. The van der Waals surface area contributed by atoms with Crippen LogP contribution >= 0.6 is 7.60 Å². The molecule has 0 aliphatic heterocycles. The van der Waals surface area contributed by atoms with Crippen molar-refractivity contribution in [2.75, 3.05) is 13.2 Å². The molecular weight excluding hydrogens is 367 g/mol. The molecule has 1 aromatic rings. The summed E-state index contributed by atoms with van der Waals surface area (Å²) in [5.74, 6) is 1.46. The van der Waals surface area contributed by atoms with Crippen molar-refractivity contribution in [3.8, 4) is 12.3 Å². The largest absolute Gasteiger partial charge is 0.368 e. The molecule has 0 heterocycles. The molecule has 3 N–H and O–H groups in total. The number of primary amides is 1. The third-order valence-electron chi connectivity index (χ3n) is 3.71. The first-order chi connectivity index (χ1) is 12.8. The van der Waals surface area contributed by atoms with E-state index in [-0.39, 0.29) is 19.4 Å². The summed E-state index contributed by atoms with van der Waals surface area (Å²) in [6, 6.07) is 5.76. The highest BCUT2D eigenvalue weighted by Crippen LogP contribution is 2.51. The molecule has 0 unspecified atom stereocenters. The van der Waals surface area contributed by atoms with Gasteiger partial charge in [0.25, 0.3) is 5.91 Å². The zero-order valence-electron chi connectivity index (χ0n) is 15.8. The Morgan fingerprint density at radius 2 is 1.81 bits per heavy atom. The highest BCUT2D eigenvalue weighted by molar-refractivity contribution is 7.53. The molecule has 0 aromatic heterocycles. The molecule has 0 radical (unpaired) electrons. The van der Waals surface area contributed by atoms with Crippen LogP contribution in [0.3, 0.4) is 0 Å². The molecule has 0 saturated carbocycles. The first-order valence-corrected chi connectivity index (χ1v) is 10.6. The molecule has 8 heteroatoms. The van der Waals surface area contributed by atoms with Crippen LogP contribution in [0.5, 0.6) is 0 Å². The van der Waals surface area contributed by atoms with Crippen LogP contribution < -0.4 is 11.1 Å². The lowest BCUT2D eigenvalue weighted by Crippen LogP contribution is -2.44. The minimum absolute atomic E-state index is 0.118. The molecule has 0 spiro atoms. The summed E-state index contributed by atoms with van der Waals surface area (Å²) >= 11 is 0. The van der Waals surface area contributed by atoms with Gasteiger partial charge in [0.1, 0.15) is 6.04 Å². The maximum absolute atomic E-state index is 12.6. The second-order valence-electron chi connectivity index (χ2n) is 5.83. The van der Waals surface area contributed by atoms with E-state index in [9.17, 15) is 14.2 Å². The van der Waals surface area contributed by atoms with Crippen LogP contribution in [0.25, 0.3) is 0 Å². The van der Waals surface area contributed by atoms with E-state index in [0.717, 1.165) is 5.56 Å². The number of benzene rings is 1. The van der Waals surface area contributed by atoms with Crippen LogP contribution in [0, 0.1) is 12.3 Å². The Balaban J connectivity index is 2.76. The average Bonchev–Trinajstić information content (AvgIpc) is 2.61. The molecule has 1 aromatic carbocycles. The third kappa shape index (κ3) is 7.96. The predicted octanol–water partition coefficient (Wildman–Crippen LogP) is 2.84. The van der Waals surface area contributed by atoms with Crippen molar-refractivity contribution in [2.24, 2.45) is 5.73 Å². The van der Waals surface area contributed by atoms with E-state index in [1.807, 2.05) is 0 Å². The number of rotatable bonds is 12. The van der Waals surface area contributed by atoms with E-state index >= 15 is 0 Å². The fraction of sp³-hybridized carbons (Fsp3) is 0.474. The zero-order chi connectivity index (χ0) is 20.3. The Morgan fingerprint density at radius 3 is 2.30 bits per heavy atom. The summed E-state index contributed by atoms with van der Waals surface area (Å²) in [4.78, 5) is 23.8. The van der Waals surface area contributed by atoms with Crippen molar-refractivity contribution in [3.05, 3.63) is 35.4 Å². The number of carbonyl (C=O) groups is 2. The van der Waals surface area contributed by atoms with Gasteiger partial charge >= 0.3 is 7.60 Å². The summed E-state index contributed by atoms with van der Waals surface area (Å²) in [6.45, 7) is 4.06. The second kappa shape index (κ2) is 11.6. The summed E-state index contributed by atoms with van der Waals surface area (Å²) in [5, 5.41) is 2.61. The van der Waals surface area contributed by atoms with Crippen molar-refractivity contribution >= 4 is 19.4 Å². The fourth-order valence-corrected chi connectivity index (χ4v) is 4.14. The number of nitrogens with two attached hydrogens (primary N) is 1. The lowest BCUT2D eigenvalue weighted by atomic mass is 10.1. The van der Waals surface area contributed by atoms with Gasteiger partial charge in [-0.3, -0.25) is 14.2 Å². The van der Waals surface area contributed by atoms with Gasteiger partial charge in [0.2, 0.25) is 5.91 Å². The van der Waals surface area contributed by atoms with Crippen LogP contribution in [0.4, 0.5) is 0 Å². The highest BCUT2D eigenvalue weighted by atomic mass is 31.2. The van der Waals surface area contributed by atoms with Crippen LogP contribution in [0.1, 0.15) is 49.0 Å². The first kappa shape index (κ1) is 22.9.